The van der Waals surface area contributed by atoms with Crippen LogP contribution < -0.4 is 5.32 Å². The summed E-state index contributed by atoms with van der Waals surface area (Å²) < 4.78 is 1.91. The number of nitrogens with one attached hydrogen (secondary N) is 1. The number of carbonyl (C=O) groups excluding carboxylic acids is 1. The molecule has 7 nitrogen and oxygen atoms in total. The van der Waals surface area contributed by atoms with Crippen LogP contribution in [0.1, 0.15) is 76.3 Å². The number of piperidine rings is 3. The molecule has 7 heteroatoms. The largest absolute Gasteiger partial charge is 0.383 e. The first-order valence-corrected chi connectivity index (χ1v) is 11.8. The minimum absolute atomic E-state index is 0.146. The maximum atomic E-state index is 12.9. The van der Waals surface area contributed by atoms with Crippen molar-refractivity contribution in [2.45, 2.75) is 94.9 Å². The smallest absolute Gasteiger partial charge is 0.224 e. The minimum atomic E-state index is -0.771. The highest BCUT2D eigenvalue weighted by Gasteiger charge is 2.44. The quantitative estimate of drug-likeness (QED) is 0.790. The highest BCUT2D eigenvalue weighted by atomic mass is 16.3. The number of nitrogens with zero attached hydrogens (tertiary/aromatic N) is 4. The summed E-state index contributed by atoms with van der Waals surface area (Å²) in [6, 6.07) is 0.817. The Labute approximate surface area is 173 Å². The van der Waals surface area contributed by atoms with Crippen LogP contribution in [-0.2, 0) is 16.9 Å². The third-order valence-corrected chi connectivity index (χ3v) is 8.01. The summed E-state index contributed by atoms with van der Waals surface area (Å²) >= 11 is 0. The van der Waals surface area contributed by atoms with Crippen molar-refractivity contribution in [3.8, 4) is 0 Å². The molecule has 2 saturated carbocycles. The molecule has 0 aromatic carbocycles. The van der Waals surface area contributed by atoms with Crippen LogP contribution in [0.25, 0.3) is 0 Å². The Kier molecular flexibility index (Phi) is 5.37. The van der Waals surface area contributed by atoms with E-state index < -0.39 is 5.60 Å². The van der Waals surface area contributed by atoms with Crippen molar-refractivity contribution in [3.63, 3.8) is 0 Å². The van der Waals surface area contributed by atoms with E-state index in [2.05, 4.69) is 20.5 Å². The Morgan fingerprint density at radius 3 is 2.69 bits per heavy atom. The van der Waals surface area contributed by atoms with Gasteiger partial charge in [-0.05, 0) is 51.0 Å². The van der Waals surface area contributed by atoms with Gasteiger partial charge in [-0.15, -0.1) is 5.10 Å². The van der Waals surface area contributed by atoms with E-state index in [9.17, 15) is 9.90 Å². The Morgan fingerprint density at radius 1 is 1.17 bits per heavy atom. The fraction of sp³-hybridized carbons (Fsp3) is 0.864. The molecule has 2 aliphatic carbocycles. The number of aliphatic hydroxyl groups is 1. The molecule has 5 fully saturated rings. The Hall–Kier alpha value is -1.47. The van der Waals surface area contributed by atoms with E-state index in [1.807, 2.05) is 10.9 Å². The number of rotatable bonds is 5. The van der Waals surface area contributed by atoms with Crippen LogP contribution in [-0.4, -0.2) is 56.1 Å². The van der Waals surface area contributed by atoms with Gasteiger partial charge in [0.25, 0.3) is 0 Å². The van der Waals surface area contributed by atoms with Crippen LogP contribution in [0.4, 0.5) is 0 Å². The van der Waals surface area contributed by atoms with E-state index >= 15 is 0 Å². The van der Waals surface area contributed by atoms with Crippen LogP contribution in [0.15, 0.2) is 6.20 Å². The van der Waals surface area contributed by atoms with Crippen molar-refractivity contribution in [2.75, 3.05) is 13.1 Å². The van der Waals surface area contributed by atoms with Gasteiger partial charge in [0.05, 0.1) is 18.7 Å². The standard InChI is InChI=1S/C22H35N5O2/c28-21(23-17-6-2-1-3-7-17)19-14-26-11-8-16(19)12-18(26)13-27-15-20(24-25-27)22(29)9-4-5-10-22/h15-19,29H,1-14H2,(H,23,28)/t16?,18-,19+/m1/s1. The number of aromatic nitrogens is 3. The normalized spacial score (nSPS) is 34.4. The van der Waals surface area contributed by atoms with Crippen molar-refractivity contribution in [2.24, 2.45) is 11.8 Å². The topological polar surface area (TPSA) is 83.3 Å². The zero-order valence-corrected chi connectivity index (χ0v) is 17.4. The predicted molar refractivity (Wildman–Crippen MR) is 109 cm³/mol. The van der Waals surface area contributed by atoms with Crippen molar-refractivity contribution in [1.29, 1.82) is 0 Å². The van der Waals surface area contributed by atoms with Gasteiger partial charge < -0.3 is 10.4 Å². The van der Waals surface area contributed by atoms with Gasteiger partial charge in [-0.2, -0.15) is 0 Å². The Morgan fingerprint density at radius 2 is 1.97 bits per heavy atom. The molecule has 3 aliphatic heterocycles. The van der Waals surface area contributed by atoms with Crippen LogP contribution in [0.5, 0.6) is 0 Å². The van der Waals surface area contributed by atoms with E-state index in [1.54, 1.807) is 0 Å². The summed E-state index contributed by atoms with van der Waals surface area (Å²) in [4.78, 5) is 15.4. The molecule has 0 radical (unpaired) electrons. The van der Waals surface area contributed by atoms with Gasteiger partial charge in [0.1, 0.15) is 11.3 Å². The maximum absolute atomic E-state index is 12.9. The number of hydrogen-bond acceptors (Lipinski definition) is 5. The summed E-state index contributed by atoms with van der Waals surface area (Å²) in [5.41, 5.74) is -0.0393. The minimum Gasteiger partial charge on any atom is -0.383 e. The van der Waals surface area contributed by atoms with Gasteiger partial charge in [0.2, 0.25) is 5.91 Å². The molecule has 1 aromatic rings. The molecule has 2 unspecified atom stereocenters. The fourth-order valence-electron chi connectivity index (χ4n) is 6.21. The van der Waals surface area contributed by atoms with E-state index in [1.165, 1.54) is 19.3 Å². The van der Waals surface area contributed by atoms with Gasteiger partial charge >= 0.3 is 0 Å². The van der Waals surface area contributed by atoms with Crippen molar-refractivity contribution in [3.05, 3.63) is 11.9 Å². The van der Waals surface area contributed by atoms with E-state index in [-0.39, 0.29) is 11.8 Å². The predicted octanol–water partition coefficient (Wildman–Crippen LogP) is 2.20. The first-order valence-electron chi connectivity index (χ1n) is 11.8. The first-order chi connectivity index (χ1) is 14.1. The van der Waals surface area contributed by atoms with Crippen LogP contribution in [0, 0.1) is 11.8 Å². The fourth-order valence-corrected chi connectivity index (χ4v) is 6.21. The third-order valence-electron chi connectivity index (χ3n) is 8.01. The van der Waals surface area contributed by atoms with Crippen LogP contribution in [0.2, 0.25) is 0 Å². The second-order valence-electron chi connectivity index (χ2n) is 9.95. The number of fused-ring (bicyclic) bond motifs is 3. The molecule has 160 valence electrons. The monoisotopic (exact) mass is 401 g/mol. The molecule has 2 N–H and O–H groups in total. The lowest BCUT2D eigenvalue weighted by atomic mass is 9.75. The average Bonchev–Trinajstić information content (AvgIpc) is 3.39. The van der Waals surface area contributed by atoms with Gasteiger partial charge in [-0.3, -0.25) is 14.4 Å². The first kappa shape index (κ1) is 19.5. The highest BCUT2D eigenvalue weighted by molar-refractivity contribution is 5.79. The second-order valence-corrected chi connectivity index (χ2v) is 9.95. The molecule has 1 aromatic heterocycles. The Balaban J connectivity index is 1.18. The molecule has 1 amide bonds. The number of amides is 1. The molecular weight excluding hydrogens is 366 g/mol. The summed E-state index contributed by atoms with van der Waals surface area (Å²) in [5.74, 6) is 0.916. The van der Waals surface area contributed by atoms with Crippen molar-refractivity contribution < 1.29 is 9.90 Å². The lowest BCUT2D eigenvalue weighted by Crippen LogP contribution is -2.58. The third kappa shape index (κ3) is 3.96. The molecular formula is C22H35N5O2. The molecule has 3 saturated heterocycles. The second kappa shape index (κ2) is 7.99. The lowest BCUT2D eigenvalue weighted by molar-refractivity contribution is -0.134. The molecule has 29 heavy (non-hydrogen) atoms. The van der Waals surface area contributed by atoms with E-state index in [0.717, 1.165) is 76.7 Å². The molecule has 4 heterocycles. The summed E-state index contributed by atoms with van der Waals surface area (Å²) in [7, 11) is 0. The molecule has 4 atom stereocenters. The molecule has 5 aliphatic rings. The van der Waals surface area contributed by atoms with Gasteiger partial charge in [-0.25, -0.2) is 0 Å². The zero-order chi connectivity index (χ0) is 19.8. The van der Waals surface area contributed by atoms with Gasteiger partial charge in [-0.1, -0.05) is 37.3 Å². The zero-order valence-electron chi connectivity index (χ0n) is 17.4. The van der Waals surface area contributed by atoms with Crippen LogP contribution >= 0.6 is 0 Å². The lowest BCUT2D eigenvalue weighted by Gasteiger charge is -2.49. The summed E-state index contributed by atoms with van der Waals surface area (Å²) in [5, 5.41) is 22.7. The molecule has 6 rings (SSSR count). The highest BCUT2D eigenvalue weighted by Crippen LogP contribution is 2.39. The summed E-state index contributed by atoms with van der Waals surface area (Å²) in [6.07, 6.45) is 14.0. The van der Waals surface area contributed by atoms with Gasteiger partial charge in [0.15, 0.2) is 0 Å². The molecule has 2 bridgehead atoms. The number of hydrogen-bond donors (Lipinski definition) is 2. The van der Waals surface area contributed by atoms with Crippen LogP contribution in [0.3, 0.4) is 0 Å². The average molecular weight is 402 g/mol. The Bertz CT molecular complexity index is 723. The number of carbonyl (C=O) groups is 1. The summed E-state index contributed by atoms with van der Waals surface area (Å²) in [6.45, 7) is 2.75. The maximum Gasteiger partial charge on any atom is 0.224 e. The van der Waals surface area contributed by atoms with Crippen molar-refractivity contribution in [1.82, 2.24) is 25.2 Å². The van der Waals surface area contributed by atoms with Crippen molar-refractivity contribution >= 4 is 5.91 Å². The van der Waals surface area contributed by atoms with E-state index in [4.69, 9.17) is 0 Å². The van der Waals surface area contributed by atoms with E-state index in [0.29, 0.717) is 18.0 Å². The van der Waals surface area contributed by atoms with Gasteiger partial charge in [0, 0.05) is 18.6 Å². The SMILES string of the molecule is O=C(NC1CCCCC1)[C@H]1CN2CCC1C[C@@H]2Cn1cc(C2(O)CCCC2)nn1. The molecule has 0 spiro atoms.